The van der Waals surface area contributed by atoms with E-state index in [1.807, 2.05) is 66.1 Å². The Balaban J connectivity index is 1.47. The van der Waals surface area contributed by atoms with Crippen LogP contribution < -0.4 is 5.32 Å². The first-order valence-corrected chi connectivity index (χ1v) is 11.7. The second-order valence-corrected chi connectivity index (χ2v) is 8.42. The van der Waals surface area contributed by atoms with E-state index in [1.54, 1.807) is 6.26 Å². The Morgan fingerprint density at radius 2 is 1.78 bits per heavy atom. The lowest BCUT2D eigenvalue weighted by Gasteiger charge is -2.16. The van der Waals surface area contributed by atoms with E-state index in [-0.39, 0.29) is 11.7 Å². The highest BCUT2D eigenvalue weighted by molar-refractivity contribution is 7.99. The maximum absolute atomic E-state index is 12.6. The Morgan fingerprint density at radius 1 is 1.06 bits per heavy atom. The molecule has 2 heterocycles. The summed E-state index contributed by atoms with van der Waals surface area (Å²) < 4.78 is 7.43. The van der Waals surface area contributed by atoms with E-state index in [2.05, 4.69) is 34.6 Å². The molecule has 6 nitrogen and oxygen atoms in total. The molecule has 2 aromatic carbocycles. The van der Waals surface area contributed by atoms with Crippen molar-refractivity contribution in [2.75, 3.05) is 12.3 Å². The van der Waals surface area contributed by atoms with Gasteiger partial charge in [0.1, 0.15) is 5.76 Å². The number of nitrogens with one attached hydrogen (secondary N) is 1. The Kier molecular flexibility index (Phi) is 7.07. The molecular weight excluding hydrogens is 420 g/mol. The van der Waals surface area contributed by atoms with Crippen LogP contribution in [0.25, 0.3) is 17.1 Å². The lowest BCUT2D eigenvalue weighted by atomic mass is 9.96. The van der Waals surface area contributed by atoms with E-state index in [0.29, 0.717) is 23.4 Å². The first kappa shape index (κ1) is 21.9. The number of rotatable bonds is 9. The maximum atomic E-state index is 12.6. The highest BCUT2D eigenvalue weighted by Gasteiger charge is 2.20. The molecule has 0 spiro atoms. The van der Waals surface area contributed by atoms with Crippen molar-refractivity contribution in [3.8, 4) is 17.1 Å². The van der Waals surface area contributed by atoms with Gasteiger partial charge in [0.2, 0.25) is 5.91 Å². The van der Waals surface area contributed by atoms with E-state index in [0.717, 1.165) is 23.4 Å². The lowest BCUT2D eigenvalue weighted by molar-refractivity contribution is -0.118. The van der Waals surface area contributed by atoms with Gasteiger partial charge in [-0.25, -0.2) is 0 Å². The fourth-order valence-corrected chi connectivity index (χ4v) is 4.39. The SMILES string of the molecule is CCC(CNC(=O)CSc1nnc(-c2ccoc2C)n1-c1ccccc1)c1ccccc1. The third kappa shape index (κ3) is 4.94. The minimum Gasteiger partial charge on any atom is -0.469 e. The van der Waals surface area contributed by atoms with Crippen molar-refractivity contribution in [2.45, 2.75) is 31.3 Å². The zero-order valence-electron chi connectivity index (χ0n) is 18.2. The fourth-order valence-electron chi connectivity index (χ4n) is 3.61. The van der Waals surface area contributed by atoms with Gasteiger partial charge in [-0.3, -0.25) is 9.36 Å². The van der Waals surface area contributed by atoms with Gasteiger partial charge in [0, 0.05) is 18.2 Å². The molecule has 0 aliphatic carbocycles. The van der Waals surface area contributed by atoms with Gasteiger partial charge in [0.15, 0.2) is 11.0 Å². The number of nitrogens with zero attached hydrogens (tertiary/aromatic N) is 3. The molecule has 164 valence electrons. The third-order valence-electron chi connectivity index (χ3n) is 5.39. The molecule has 0 fully saturated rings. The van der Waals surface area contributed by atoms with Gasteiger partial charge in [-0.2, -0.15) is 0 Å². The lowest BCUT2D eigenvalue weighted by Crippen LogP contribution is -2.29. The van der Waals surface area contributed by atoms with Crippen LogP contribution in [0.3, 0.4) is 0 Å². The van der Waals surface area contributed by atoms with Crippen LogP contribution in [0, 0.1) is 6.92 Å². The number of carbonyl (C=O) groups excluding carboxylic acids is 1. The van der Waals surface area contributed by atoms with Crippen molar-refractivity contribution in [3.63, 3.8) is 0 Å². The van der Waals surface area contributed by atoms with E-state index in [1.165, 1.54) is 17.3 Å². The number of carbonyl (C=O) groups is 1. The number of amides is 1. The first-order chi connectivity index (χ1) is 15.7. The summed E-state index contributed by atoms with van der Waals surface area (Å²) in [7, 11) is 0. The minimum atomic E-state index is -0.0203. The van der Waals surface area contributed by atoms with Crippen molar-refractivity contribution in [1.82, 2.24) is 20.1 Å². The molecule has 1 amide bonds. The van der Waals surface area contributed by atoms with E-state index >= 15 is 0 Å². The first-order valence-electron chi connectivity index (χ1n) is 10.7. The normalized spacial score (nSPS) is 11.9. The zero-order chi connectivity index (χ0) is 22.3. The van der Waals surface area contributed by atoms with E-state index in [9.17, 15) is 4.79 Å². The smallest absolute Gasteiger partial charge is 0.230 e. The van der Waals surface area contributed by atoms with Crippen molar-refractivity contribution >= 4 is 17.7 Å². The summed E-state index contributed by atoms with van der Waals surface area (Å²) in [5, 5.41) is 12.5. The number of thioether (sulfide) groups is 1. The van der Waals surface area contributed by atoms with Crippen LogP contribution in [0.1, 0.15) is 30.6 Å². The third-order valence-corrected chi connectivity index (χ3v) is 6.32. The molecule has 0 aliphatic heterocycles. The summed E-state index contributed by atoms with van der Waals surface area (Å²) in [6, 6.07) is 22.1. The number of furan rings is 1. The largest absolute Gasteiger partial charge is 0.469 e. The Labute approximate surface area is 192 Å². The molecule has 7 heteroatoms. The fraction of sp³-hybridized carbons (Fsp3) is 0.240. The predicted molar refractivity (Wildman–Crippen MR) is 127 cm³/mol. The number of aromatic nitrogens is 3. The van der Waals surface area contributed by atoms with E-state index in [4.69, 9.17) is 4.42 Å². The average Bonchev–Trinajstić information content (AvgIpc) is 3.45. The number of hydrogen-bond donors (Lipinski definition) is 1. The molecule has 0 saturated carbocycles. The number of para-hydroxylation sites is 1. The average molecular weight is 447 g/mol. The molecule has 0 saturated heterocycles. The van der Waals surface area contributed by atoms with Crippen LogP contribution in [0.5, 0.6) is 0 Å². The van der Waals surface area contributed by atoms with Crippen molar-refractivity contribution in [3.05, 3.63) is 84.3 Å². The summed E-state index contributed by atoms with van der Waals surface area (Å²) in [5.74, 6) is 2.01. The van der Waals surface area contributed by atoms with Gasteiger partial charge in [-0.15, -0.1) is 10.2 Å². The molecule has 0 radical (unpaired) electrons. The van der Waals surface area contributed by atoms with Crippen molar-refractivity contribution in [2.24, 2.45) is 0 Å². The summed E-state index contributed by atoms with van der Waals surface area (Å²) >= 11 is 1.38. The molecular formula is C25H26N4O2S. The highest BCUT2D eigenvalue weighted by atomic mass is 32.2. The molecule has 1 atom stereocenters. The van der Waals surface area contributed by atoms with Crippen molar-refractivity contribution in [1.29, 1.82) is 0 Å². The summed E-state index contributed by atoms with van der Waals surface area (Å²) in [6.07, 6.45) is 2.61. The monoisotopic (exact) mass is 446 g/mol. The molecule has 4 aromatic rings. The van der Waals surface area contributed by atoms with Crippen LogP contribution in [-0.2, 0) is 4.79 Å². The topological polar surface area (TPSA) is 73.0 Å². The standard InChI is InChI=1S/C25H26N4O2S/c1-3-19(20-10-6-4-7-11-20)16-26-23(30)17-32-25-28-27-24(22-14-15-31-18(22)2)29(25)21-12-8-5-9-13-21/h4-15,19H,3,16-17H2,1-2H3,(H,26,30). The molecule has 4 rings (SSSR count). The molecule has 0 aliphatic rings. The van der Waals surface area contributed by atoms with Gasteiger partial charge < -0.3 is 9.73 Å². The molecule has 0 bridgehead atoms. The quantitative estimate of drug-likeness (QED) is 0.356. The van der Waals surface area contributed by atoms with Gasteiger partial charge in [0.25, 0.3) is 0 Å². The Bertz CT molecular complexity index is 1160. The molecule has 1 N–H and O–H groups in total. The van der Waals surface area contributed by atoms with Gasteiger partial charge in [0.05, 0.1) is 17.6 Å². The Morgan fingerprint density at radius 3 is 2.44 bits per heavy atom. The number of hydrogen-bond acceptors (Lipinski definition) is 5. The van der Waals surface area contributed by atoms with Gasteiger partial charge >= 0.3 is 0 Å². The summed E-state index contributed by atoms with van der Waals surface area (Å²) in [5.41, 5.74) is 3.06. The minimum absolute atomic E-state index is 0.0203. The number of benzene rings is 2. The molecule has 1 unspecified atom stereocenters. The van der Waals surface area contributed by atoms with Gasteiger partial charge in [-0.05, 0) is 37.1 Å². The van der Waals surface area contributed by atoms with Crippen LogP contribution in [0.2, 0.25) is 0 Å². The van der Waals surface area contributed by atoms with Crippen molar-refractivity contribution < 1.29 is 9.21 Å². The predicted octanol–water partition coefficient (Wildman–Crippen LogP) is 5.24. The second kappa shape index (κ2) is 10.3. The molecule has 2 aromatic heterocycles. The zero-order valence-corrected chi connectivity index (χ0v) is 19.0. The Hall–Kier alpha value is -3.32. The van der Waals surface area contributed by atoms with Crippen LogP contribution >= 0.6 is 11.8 Å². The number of aryl methyl sites for hydroxylation is 1. The van der Waals surface area contributed by atoms with Gasteiger partial charge in [-0.1, -0.05) is 67.2 Å². The second-order valence-electron chi connectivity index (χ2n) is 7.48. The van der Waals surface area contributed by atoms with Crippen LogP contribution in [0.15, 0.2) is 82.6 Å². The van der Waals surface area contributed by atoms with E-state index < -0.39 is 0 Å². The molecule has 32 heavy (non-hydrogen) atoms. The maximum Gasteiger partial charge on any atom is 0.230 e. The van der Waals surface area contributed by atoms with Crippen LogP contribution in [-0.4, -0.2) is 33.0 Å². The summed E-state index contributed by atoms with van der Waals surface area (Å²) in [6.45, 7) is 4.65. The van der Waals surface area contributed by atoms with Crippen LogP contribution in [0.4, 0.5) is 0 Å². The summed E-state index contributed by atoms with van der Waals surface area (Å²) in [4.78, 5) is 12.6. The highest BCUT2D eigenvalue weighted by Crippen LogP contribution is 2.30.